The molecule has 3 atom stereocenters. The molecule has 3 unspecified atom stereocenters. The Morgan fingerprint density at radius 3 is 2.43 bits per heavy atom. The molecule has 14 heavy (non-hydrogen) atoms. The molecule has 82 valence electrons. The van der Waals surface area contributed by atoms with E-state index in [0.717, 1.165) is 19.3 Å². The Labute approximate surface area is 87.0 Å². The third-order valence-electron chi connectivity index (χ3n) is 3.16. The van der Waals surface area contributed by atoms with Crippen molar-refractivity contribution in [2.75, 3.05) is 0 Å². The SMILES string of the molecule is CC(=O)C(CC1CCC(C)O1)C(C)C. The van der Waals surface area contributed by atoms with Crippen LogP contribution in [0.5, 0.6) is 0 Å². The van der Waals surface area contributed by atoms with Gasteiger partial charge in [0.1, 0.15) is 5.78 Å². The van der Waals surface area contributed by atoms with Gasteiger partial charge in [0.25, 0.3) is 0 Å². The van der Waals surface area contributed by atoms with Crippen LogP contribution >= 0.6 is 0 Å². The van der Waals surface area contributed by atoms with E-state index in [2.05, 4.69) is 20.8 Å². The van der Waals surface area contributed by atoms with Gasteiger partial charge in [0.15, 0.2) is 0 Å². The van der Waals surface area contributed by atoms with E-state index in [1.54, 1.807) is 6.92 Å². The first-order valence-electron chi connectivity index (χ1n) is 5.66. The molecule has 1 fully saturated rings. The van der Waals surface area contributed by atoms with Crippen molar-refractivity contribution < 1.29 is 9.53 Å². The average Bonchev–Trinajstić information content (AvgIpc) is 2.46. The van der Waals surface area contributed by atoms with Crippen LogP contribution in [0.3, 0.4) is 0 Å². The Morgan fingerprint density at radius 1 is 1.43 bits per heavy atom. The number of hydrogen-bond donors (Lipinski definition) is 0. The molecule has 0 aliphatic carbocycles. The van der Waals surface area contributed by atoms with Gasteiger partial charge in [-0.1, -0.05) is 13.8 Å². The van der Waals surface area contributed by atoms with Crippen molar-refractivity contribution in [3.05, 3.63) is 0 Å². The summed E-state index contributed by atoms with van der Waals surface area (Å²) >= 11 is 0. The van der Waals surface area contributed by atoms with E-state index < -0.39 is 0 Å². The summed E-state index contributed by atoms with van der Waals surface area (Å²) in [5, 5.41) is 0. The predicted octanol–water partition coefficient (Wildman–Crippen LogP) is 2.81. The minimum absolute atomic E-state index is 0.185. The lowest BCUT2D eigenvalue weighted by Crippen LogP contribution is -2.23. The standard InChI is InChI=1S/C12H22O2/c1-8(2)12(10(4)13)7-11-6-5-9(3)14-11/h8-9,11-12H,5-7H2,1-4H3. The molecule has 2 heteroatoms. The molecule has 0 aromatic heterocycles. The Bertz CT molecular complexity index is 198. The van der Waals surface area contributed by atoms with Crippen LogP contribution in [-0.2, 0) is 9.53 Å². The van der Waals surface area contributed by atoms with E-state index in [1.165, 1.54) is 0 Å². The molecule has 0 aromatic carbocycles. The molecule has 0 saturated carbocycles. The van der Waals surface area contributed by atoms with Gasteiger partial charge in [0, 0.05) is 5.92 Å². The van der Waals surface area contributed by atoms with Crippen LogP contribution in [0.2, 0.25) is 0 Å². The summed E-state index contributed by atoms with van der Waals surface area (Å²) in [7, 11) is 0. The van der Waals surface area contributed by atoms with Crippen LogP contribution in [0, 0.1) is 11.8 Å². The zero-order valence-electron chi connectivity index (χ0n) is 9.75. The summed E-state index contributed by atoms with van der Waals surface area (Å²) in [4.78, 5) is 11.4. The van der Waals surface area contributed by atoms with Crippen LogP contribution in [0.15, 0.2) is 0 Å². The van der Waals surface area contributed by atoms with Crippen LogP contribution in [0.4, 0.5) is 0 Å². The highest BCUT2D eigenvalue weighted by Gasteiger charge is 2.28. The van der Waals surface area contributed by atoms with E-state index in [0.29, 0.717) is 23.9 Å². The minimum Gasteiger partial charge on any atom is -0.375 e. The fourth-order valence-electron chi connectivity index (χ4n) is 2.25. The fourth-order valence-corrected chi connectivity index (χ4v) is 2.25. The number of Topliss-reactive ketones (excluding diaryl/α,β-unsaturated/α-hetero) is 1. The van der Waals surface area contributed by atoms with Gasteiger partial charge < -0.3 is 4.74 Å². The van der Waals surface area contributed by atoms with Gasteiger partial charge in [-0.2, -0.15) is 0 Å². The number of ether oxygens (including phenoxy) is 1. The molecule has 1 aliphatic heterocycles. The van der Waals surface area contributed by atoms with Gasteiger partial charge in [-0.05, 0) is 39.0 Å². The predicted molar refractivity (Wildman–Crippen MR) is 57.2 cm³/mol. The number of hydrogen-bond acceptors (Lipinski definition) is 2. The van der Waals surface area contributed by atoms with E-state index in [-0.39, 0.29) is 5.92 Å². The molecule has 1 rings (SSSR count). The van der Waals surface area contributed by atoms with Gasteiger partial charge in [0.2, 0.25) is 0 Å². The summed E-state index contributed by atoms with van der Waals surface area (Å²) in [6, 6.07) is 0. The molecule has 0 N–H and O–H groups in total. The van der Waals surface area contributed by atoms with Gasteiger partial charge in [0.05, 0.1) is 12.2 Å². The van der Waals surface area contributed by atoms with Crippen molar-refractivity contribution in [1.29, 1.82) is 0 Å². The fraction of sp³-hybridized carbons (Fsp3) is 0.917. The quantitative estimate of drug-likeness (QED) is 0.694. The van der Waals surface area contributed by atoms with E-state index in [4.69, 9.17) is 4.74 Å². The molecule has 1 saturated heterocycles. The highest BCUT2D eigenvalue weighted by molar-refractivity contribution is 5.78. The molecule has 0 spiro atoms. The number of carbonyl (C=O) groups is 1. The highest BCUT2D eigenvalue weighted by atomic mass is 16.5. The van der Waals surface area contributed by atoms with Crippen molar-refractivity contribution in [2.24, 2.45) is 11.8 Å². The third kappa shape index (κ3) is 3.09. The van der Waals surface area contributed by atoms with Gasteiger partial charge >= 0.3 is 0 Å². The summed E-state index contributed by atoms with van der Waals surface area (Å²) < 4.78 is 5.74. The molecule has 0 radical (unpaired) electrons. The lowest BCUT2D eigenvalue weighted by atomic mass is 9.86. The summed E-state index contributed by atoms with van der Waals surface area (Å²) in [6.07, 6.45) is 3.89. The summed E-state index contributed by atoms with van der Waals surface area (Å²) in [5.74, 6) is 0.931. The summed E-state index contributed by atoms with van der Waals surface area (Å²) in [5.41, 5.74) is 0. The average molecular weight is 198 g/mol. The first kappa shape index (κ1) is 11.7. The van der Waals surface area contributed by atoms with Crippen LogP contribution < -0.4 is 0 Å². The normalized spacial score (nSPS) is 29.5. The Hall–Kier alpha value is -0.370. The van der Waals surface area contributed by atoms with Crippen molar-refractivity contribution in [1.82, 2.24) is 0 Å². The molecular weight excluding hydrogens is 176 g/mol. The Morgan fingerprint density at radius 2 is 2.07 bits per heavy atom. The second kappa shape index (κ2) is 4.92. The third-order valence-corrected chi connectivity index (χ3v) is 3.16. The first-order chi connectivity index (χ1) is 6.50. The maximum Gasteiger partial charge on any atom is 0.133 e. The Kier molecular flexibility index (Phi) is 4.11. The largest absolute Gasteiger partial charge is 0.375 e. The second-order valence-corrected chi connectivity index (χ2v) is 4.84. The first-order valence-corrected chi connectivity index (χ1v) is 5.66. The molecule has 0 aromatic rings. The molecule has 1 heterocycles. The van der Waals surface area contributed by atoms with Crippen LogP contribution in [0.1, 0.15) is 47.0 Å². The summed E-state index contributed by atoms with van der Waals surface area (Å²) in [6.45, 7) is 8.04. The van der Waals surface area contributed by atoms with E-state index in [9.17, 15) is 4.79 Å². The Balaban J connectivity index is 2.44. The maximum absolute atomic E-state index is 11.4. The monoisotopic (exact) mass is 198 g/mol. The highest BCUT2D eigenvalue weighted by Crippen LogP contribution is 2.27. The molecule has 1 aliphatic rings. The minimum atomic E-state index is 0.185. The van der Waals surface area contributed by atoms with Crippen molar-refractivity contribution in [3.8, 4) is 0 Å². The zero-order chi connectivity index (χ0) is 10.7. The zero-order valence-corrected chi connectivity index (χ0v) is 9.75. The number of carbonyl (C=O) groups excluding carboxylic acids is 1. The topological polar surface area (TPSA) is 26.3 Å². The van der Waals surface area contributed by atoms with Crippen molar-refractivity contribution in [3.63, 3.8) is 0 Å². The lowest BCUT2D eigenvalue weighted by molar-refractivity contribution is -0.123. The van der Waals surface area contributed by atoms with Gasteiger partial charge in [-0.3, -0.25) is 4.79 Å². The molecule has 2 nitrogen and oxygen atoms in total. The van der Waals surface area contributed by atoms with Crippen LogP contribution in [0.25, 0.3) is 0 Å². The van der Waals surface area contributed by atoms with Crippen LogP contribution in [-0.4, -0.2) is 18.0 Å². The molecule has 0 bridgehead atoms. The van der Waals surface area contributed by atoms with Crippen molar-refractivity contribution in [2.45, 2.75) is 59.2 Å². The van der Waals surface area contributed by atoms with E-state index in [1.807, 2.05) is 0 Å². The van der Waals surface area contributed by atoms with Crippen molar-refractivity contribution >= 4 is 5.78 Å². The maximum atomic E-state index is 11.4. The lowest BCUT2D eigenvalue weighted by Gasteiger charge is -2.21. The van der Waals surface area contributed by atoms with Gasteiger partial charge in [-0.15, -0.1) is 0 Å². The second-order valence-electron chi connectivity index (χ2n) is 4.84. The van der Waals surface area contributed by atoms with E-state index >= 15 is 0 Å². The molecule has 0 amide bonds. The number of ketones is 1. The smallest absolute Gasteiger partial charge is 0.133 e. The van der Waals surface area contributed by atoms with Gasteiger partial charge in [-0.25, -0.2) is 0 Å². The molecular formula is C12H22O2. The number of rotatable bonds is 4.